The Labute approximate surface area is 257 Å². The van der Waals surface area contributed by atoms with E-state index in [1.807, 2.05) is 36.4 Å². The third-order valence-electron chi connectivity index (χ3n) is 6.49. The van der Waals surface area contributed by atoms with Gasteiger partial charge in [0.2, 0.25) is 0 Å². The number of carboxylic acids is 4. The minimum Gasteiger partial charge on any atom is -0.481 e. The van der Waals surface area contributed by atoms with Crippen LogP contribution < -0.4 is 0 Å². The molecule has 2 aromatic carbocycles. The highest BCUT2D eigenvalue weighted by Gasteiger charge is 2.20. The van der Waals surface area contributed by atoms with Crippen molar-refractivity contribution in [2.45, 2.75) is 25.7 Å². The predicted octanol–water partition coefficient (Wildman–Crippen LogP) is 7.05. The largest absolute Gasteiger partial charge is 0.481 e. The number of carboxylic acid groups (broad SMARTS) is 4. The Morgan fingerprint density at radius 1 is 0.465 bits per heavy atom. The van der Waals surface area contributed by atoms with Crippen molar-refractivity contribution < 1.29 is 39.6 Å². The Morgan fingerprint density at radius 2 is 0.860 bits per heavy atom. The quantitative estimate of drug-likeness (QED) is 0.114. The lowest BCUT2D eigenvalue weighted by Gasteiger charge is -2.01. The second kappa shape index (κ2) is 12.7. The van der Waals surface area contributed by atoms with Gasteiger partial charge in [0.1, 0.15) is 0 Å². The van der Waals surface area contributed by atoms with Crippen LogP contribution in [0.1, 0.15) is 22.3 Å². The molecule has 0 aliphatic carbocycles. The minimum absolute atomic E-state index is 0.117. The van der Waals surface area contributed by atoms with Gasteiger partial charge in [0.15, 0.2) is 0 Å². The third-order valence-corrected chi connectivity index (χ3v) is 10.4. The van der Waals surface area contributed by atoms with Crippen molar-refractivity contribution in [3.05, 3.63) is 95.1 Å². The molecule has 11 heteroatoms. The van der Waals surface area contributed by atoms with Crippen LogP contribution in [0.15, 0.2) is 72.8 Å². The van der Waals surface area contributed by atoms with E-state index in [0.717, 1.165) is 40.4 Å². The lowest BCUT2D eigenvalue weighted by Crippen LogP contribution is -2.00. The summed E-state index contributed by atoms with van der Waals surface area (Å²) in [6.45, 7) is 0. The van der Waals surface area contributed by atoms with E-state index in [2.05, 4.69) is 0 Å². The molecule has 0 fully saturated rings. The van der Waals surface area contributed by atoms with Crippen molar-refractivity contribution in [3.8, 4) is 40.4 Å². The van der Waals surface area contributed by atoms with E-state index < -0.39 is 23.9 Å². The Kier molecular flexibility index (Phi) is 8.86. The van der Waals surface area contributed by atoms with E-state index in [1.165, 1.54) is 34.0 Å². The van der Waals surface area contributed by atoms with E-state index in [-0.39, 0.29) is 25.7 Å². The molecular formula is C32H24O8S3. The predicted molar refractivity (Wildman–Crippen MR) is 167 cm³/mol. The molecule has 0 saturated heterocycles. The van der Waals surface area contributed by atoms with E-state index >= 15 is 0 Å². The standard InChI is InChI=1S/C32H24O8S3/c33-27(34)11-17-3-1-5-19(9-17)25-13-21(15-29(37)38)31(42-25)23-7-8-24(41-23)32-22(16-30(39)40)14-26(43-32)20-6-2-4-18(10-20)12-28(35)36/h1-10,13-14H,11-12,15-16H2,(H,33,34)(H,35,36)(H,37,38)(H,39,40). The maximum atomic E-state index is 11.7. The van der Waals surface area contributed by atoms with Crippen molar-refractivity contribution >= 4 is 57.9 Å². The molecule has 5 rings (SSSR count). The monoisotopic (exact) mass is 632 g/mol. The van der Waals surface area contributed by atoms with Crippen LogP contribution in [0.4, 0.5) is 0 Å². The molecule has 218 valence electrons. The topological polar surface area (TPSA) is 149 Å². The SMILES string of the molecule is O=C(O)Cc1cccc(-c2cc(CC(=O)O)c(-c3ccc(-c4sc(-c5cccc(CC(=O)O)c5)cc4CC(=O)O)s3)s2)c1. The molecule has 0 radical (unpaired) electrons. The molecule has 4 N–H and O–H groups in total. The molecule has 0 saturated carbocycles. The van der Waals surface area contributed by atoms with E-state index in [9.17, 15) is 39.6 Å². The molecule has 3 heterocycles. The van der Waals surface area contributed by atoms with Gasteiger partial charge in [-0.1, -0.05) is 36.4 Å². The molecule has 0 aliphatic heterocycles. The van der Waals surface area contributed by atoms with Crippen LogP contribution >= 0.6 is 34.0 Å². The van der Waals surface area contributed by atoms with Crippen molar-refractivity contribution in [1.29, 1.82) is 0 Å². The minimum atomic E-state index is -0.973. The molecule has 0 spiro atoms. The van der Waals surface area contributed by atoms with Crippen LogP contribution in [0.5, 0.6) is 0 Å². The van der Waals surface area contributed by atoms with Gasteiger partial charge in [-0.3, -0.25) is 19.2 Å². The third kappa shape index (κ3) is 7.26. The van der Waals surface area contributed by atoms with E-state index in [4.69, 9.17) is 0 Å². The molecule has 3 aromatic heterocycles. The molecule has 0 bridgehead atoms. The Balaban J connectivity index is 1.54. The fourth-order valence-corrected chi connectivity index (χ4v) is 8.40. The van der Waals surface area contributed by atoms with Gasteiger partial charge in [-0.05, 0) is 69.8 Å². The number of hydrogen-bond donors (Lipinski definition) is 4. The van der Waals surface area contributed by atoms with E-state index in [1.54, 1.807) is 36.4 Å². The van der Waals surface area contributed by atoms with E-state index in [0.29, 0.717) is 22.3 Å². The van der Waals surface area contributed by atoms with Gasteiger partial charge in [0.25, 0.3) is 0 Å². The second-order valence-electron chi connectivity index (χ2n) is 9.78. The Bertz CT molecular complexity index is 1730. The molecule has 0 unspecified atom stereocenters. The summed E-state index contributed by atoms with van der Waals surface area (Å²) < 4.78 is 0. The summed E-state index contributed by atoms with van der Waals surface area (Å²) in [7, 11) is 0. The van der Waals surface area contributed by atoms with Crippen LogP contribution in [0, 0.1) is 0 Å². The number of benzene rings is 2. The molecule has 0 aliphatic rings. The lowest BCUT2D eigenvalue weighted by atomic mass is 10.1. The number of carbonyl (C=O) groups is 4. The van der Waals surface area contributed by atoms with Gasteiger partial charge >= 0.3 is 23.9 Å². The highest BCUT2D eigenvalue weighted by atomic mass is 32.1. The van der Waals surface area contributed by atoms with Gasteiger partial charge in [-0.15, -0.1) is 34.0 Å². The lowest BCUT2D eigenvalue weighted by molar-refractivity contribution is -0.137. The molecular weight excluding hydrogens is 609 g/mol. The normalized spacial score (nSPS) is 11.0. The first-order valence-corrected chi connectivity index (χ1v) is 15.4. The van der Waals surface area contributed by atoms with Crippen LogP contribution in [0.3, 0.4) is 0 Å². The summed E-state index contributed by atoms with van der Waals surface area (Å²) in [4.78, 5) is 50.7. The second-order valence-corrected chi connectivity index (χ2v) is 13.0. The number of rotatable bonds is 12. The Morgan fingerprint density at radius 3 is 1.23 bits per heavy atom. The molecule has 0 amide bonds. The van der Waals surface area contributed by atoms with Crippen molar-refractivity contribution in [1.82, 2.24) is 0 Å². The summed E-state index contributed by atoms with van der Waals surface area (Å²) in [5.41, 5.74) is 4.16. The highest BCUT2D eigenvalue weighted by Crippen LogP contribution is 2.46. The van der Waals surface area contributed by atoms with Crippen molar-refractivity contribution in [2.24, 2.45) is 0 Å². The van der Waals surface area contributed by atoms with Gasteiger partial charge in [0, 0.05) is 29.3 Å². The summed E-state index contributed by atoms with van der Waals surface area (Å²) >= 11 is 4.30. The highest BCUT2D eigenvalue weighted by molar-refractivity contribution is 7.28. The first-order valence-electron chi connectivity index (χ1n) is 13.0. The fraction of sp³-hybridized carbons (Fsp3) is 0.125. The summed E-state index contributed by atoms with van der Waals surface area (Å²) in [6, 6.07) is 21.8. The molecule has 8 nitrogen and oxygen atoms in total. The average Bonchev–Trinajstić information content (AvgIpc) is 3.66. The molecule has 5 aromatic rings. The maximum Gasteiger partial charge on any atom is 0.307 e. The first kappa shape index (κ1) is 29.9. The smallest absolute Gasteiger partial charge is 0.307 e. The van der Waals surface area contributed by atoms with Crippen LogP contribution in [-0.4, -0.2) is 44.3 Å². The van der Waals surface area contributed by atoms with Gasteiger partial charge in [-0.25, -0.2) is 0 Å². The Hall–Kier alpha value is -4.58. The first-order chi connectivity index (χ1) is 20.5. The van der Waals surface area contributed by atoms with Crippen molar-refractivity contribution in [3.63, 3.8) is 0 Å². The van der Waals surface area contributed by atoms with Crippen LogP contribution in [-0.2, 0) is 44.9 Å². The summed E-state index contributed by atoms with van der Waals surface area (Å²) in [5, 5.41) is 37.6. The summed E-state index contributed by atoms with van der Waals surface area (Å²) in [5.74, 6) is -3.82. The van der Waals surface area contributed by atoms with Gasteiger partial charge < -0.3 is 20.4 Å². The fourth-order valence-electron chi connectivity index (χ4n) is 4.75. The zero-order valence-electron chi connectivity index (χ0n) is 22.4. The zero-order valence-corrected chi connectivity index (χ0v) is 24.9. The molecule has 0 atom stereocenters. The average molecular weight is 633 g/mol. The van der Waals surface area contributed by atoms with Gasteiger partial charge in [0.05, 0.1) is 25.7 Å². The summed E-state index contributed by atoms with van der Waals surface area (Å²) in [6.07, 6.45) is -0.608. The maximum absolute atomic E-state index is 11.7. The zero-order chi connectivity index (χ0) is 30.7. The van der Waals surface area contributed by atoms with Gasteiger partial charge in [-0.2, -0.15) is 0 Å². The number of thiophene rings is 3. The van der Waals surface area contributed by atoms with Crippen LogP contribution in [0.25, 0.3) is 40.4 Å². The number of hydrogen-bond acceptors (Lipinski definition) is 7. The van der Waals surface area contributed by atoms with Crippen molar-refractivity contribution in [2.75, 3.05) is 0 Å². The van der Waals surface area contributed by atoms with Crippen LogP contribution in [0.2, 0.25) is 0 Å². The molecule has 43 heavy (non-hydrogen) atoms. The number of aliphatic carboxylic acids is 4.